The molecule has 168 valence electrons. The van der Waals surface area contributed by atoms with E-state index >= 15 is 0 Å². The lowest BCUT2D eigenvalue weighted by Gasteiger charge is -2.38. The van der Waals surface area contributed by atoms with Crippen LogP contribution in [0, 0.1) is 35.2 Å². The molecule has 0 spiro atoms. The lowest BCUT2D eigenvalue weighted by molar-refractivity contribution is 0.156. The van der Waals surface area contributed by atoms with Gasteiger partial charge in [-0.3, -0.25) is 0 Å². The van der Waals surface area contributed by atoms with E-state index in [9.17, 15) is 18.3 Å². The highest BCUT2D eigenvalue weighted by atomic mass is 19.1. The number of phenols is 1. The number of benzene rings is 2. The van der Waals surface area contributed by atoms with E-state index in [1.54, 1.807) is 6.07 Å². The first-order valence-corrected chi connectivity index (χ1v) is 11.9. The minimum atomic E-state index is -1.08. The Morgan fingerprint density at radius 2 is 1.35 bits per heavy atom. The Labute approximate surface area is 183 Å². The van der Waals surface area contributed by atoms with E-state index in [-0.39, 0.29) is 11.1 Å². The third kappa shape index (κ3) is 4.94. The van der Waals surface area contributed by atoms with Gasteiger partial charge in [-0.1, -0.05) is 44.7 Å². The largest absolute Gasteiger partial charge is 0.503 e. The number of hydrogen-bond acceptors (Lipinski definition) is 1. The quantitative estimate of drug-likeness (QED) is 0.505. The molecule has 0 amide bonds. The molecule has 2 aromatic carbocycles. The van der Waals surface area contributed by atoms with Crippen molar-refractivity contribution in [3.8, 4) is 16.9 Å². The van der Waals surface area contributed by atoms with Gasteiger partial charge in [-0.2, -0.15) is 0 Å². The van der Waals surface area contributed by atoms with Gasteiger partial charge < -0.3 is 5.11 Å². The lowest BCUT2D eigenvalue weighted by Crippen LogP contribution is -2.25. The molecule has 0 bridgehead atoms. The van der Waals surface area contributed by atoms with E-state index in [1.807, 2.05) is 6.07 Å². The maximum absolute atomic E-state index is 14.8. The molecule has 1 nitrogen and oxygen atoms in total. The second kappa shape index (κ2) is 9.67. The molecule has 2 saturated carbocycles. The molecular formula is C27H33F3O. The molecular weight excluding hydrogens is 397 g/mol. The molecule has 0 saturated heterocycles. The van der Waals surface area contributed by atoms with Gasteiger partial charge in [0.2, 0.25) is 0 Å². The summed E-state index contributed by atoms with van der Waals surface area (Å²) in [5.41, 5.74) is 1.23. The van der Waals surface area contributed by atoms with Gasteiger partial charge >= 0.3 is 0 Å². The fourth-order valence-corrected chi connectivity index (χ4v) is 6.02. The minimum absolute atomic E-state index is 0.0965. The van der Waals surface area contributed by atoms with Crippen LogP contribution < -0.4 is 0 Å². The summed E-state index contributed by atoms with van der Waals surface area (Å²) in [6.07, 6.45) is 12.8. The highest BCUT2D eigenvalue weighted by Crippen LogP contribution is 2.45. The first-order valence-electron chi connectivity index (χ1n) is 11.9. The van der Waals surface area contributed by atoms with Crippen molar-refractivity contribution in [1.29, 1.82) is 0 Å². The molecule has 2 fully saturated rings. The predicted octanol–water partition coefficient (Wildman–Crippen LogP) is 8.36. The van der Waals surface area contributed by atoms with Gasteiger partial charge in [0.25, 0.3) is 0 Å². The van der Waals surface area contributed by atoms with Crippen LogP contribution in [0.15, 0.2) is 30.3 Å². The van der Waals surface area contributed by atoms with Crippen molar-refractivity contribution in [3.63, 3.8) is 0 Å². The first-order chi connectivity index (χ1) is 15.0. The van der Waals surface area contributed by atoms with Gasteiger partial charge in [0, 0.05) is 5.56 Å². The van der Waals surface area contributed by atoms with Crippen LogP contribution in [-0.2, 0) is 0 Å². The molecule has 31 heavy (non-hydrogen) atoms. The van der Waals surface area contributed by atoms with Crippen LogP contribution in [0.5, 0.6) is 5.75 Å². The van der Waals surface area contributed by atoms with Gasteiger partial charge in [-0.05, 0) is 91.5 Å². The SMILES string of the molecule is CCCC1CCC(C2CCC(c3ccc(-c4cc(F)c(O)c(F)c4)c(F)c3)CC2)CC1. The summed E-state index contributed by atoms with van der Waals surface area (Å²) in [4.78, 5) is 0. The minimum Gasteiger partial charge on any atom is -0.503 e. The molecule has 0 atom stereocenters. The van der Waals surface area contributed by atoms with Gasteiger partial charge in [-0.25, -0.2) is 13.2 Å². The van der Waals surface area contributed by atoms with Gasteiger partial charge in [-0.15, -0.1) is 0 Å². The van der Waals surface area contributed by atoms with Crippen LogP contribution in [0.4, 0.5) is 13.2 Å². The Bertz CT molecular complexity index is 870. The van der Waals surface area contributed by atoms with E-state index in [1.165, 1.54) is 57.4 Å². The van der Waals surface area contributed by atoms with Crippen LogP contribution >= 0.6 is 0 Å². The van der Waals surface area contributed by atoms with Crippen LogP contribution in [0.2, 0.25) is 0 Å². The normalized spacial score (nSPS) is 26.7. The predicted molar refractivity (Wildman–Crippen MR) is 118 cm³/mol. The van der Waals surface area contributed by atoms with Gasteiger partial charge in [0.15, 0.2) is 17.4 Å². The Morgan fingerprint density at radius 3 is 1.90 bits per heavy atom. The molecule has 0 unspecified atom stereocenters. The highest BCUT2D eigenvalue weighted by molar-refractivity contribution is 5.65. The summed E-state index contributed by atoms with van der Waals surface area (Å²) in [5, 5.41) is 9.27. The summed E-state index contributed by atoms with van der Waals surface area (Å²) in [7, 11) is 0. The van der Waals surface area contributed by atoms with Crippen LogP contribution in [0.25, 0.3) is 11.1 Å². The summed E-state index contributed by atoms with van der Waals surface area (Å²) >= 11 is 0. The Morgan fingerprint density at radius 1 is 0.774 bits per heavy atom. The molecule has 2 aliphatic rings. The summed E-state index contributed by atoms with van der Waals surface area (Å²) in [5.74, 6) is -0.701. The number of phenolic OH excluding ortho intramolecular Hbond substituents is 1. The van der Waals surface area contributed by atoms with E-state index in [0.717, 1.165) is 48.3 Å². The molecule has 0 aliphatic heterocycles. The maximum Gasteiger partial charge on any atom is 0.187 e. The zero-order chi connectivity index (χ0) is 22.0. The van der Waals surface area contributed by atoms with Crippen molar-refractivity contribution in [2.24, 2.45) is 17.8 Å². The first kappa shape index (κ1) is 22.2. The average molecular weight is 431 g/mol. The smallest absolute Gasteiger partial charge is 0.187 e. The average Bonchev–Trinajstić information content (AvgIpc) is 2.78. The summed E-state index contributed by atoms with van der Waals surface area (Å²) < 4.78 is 42.1. The molecule has 4 rings (SSSR count). The molecule has 2 aromatic rings. The van der Waals surface area contributed by atoms with Crippen LogP contribution in [0.1, 0.15) is 82.6 Å². The standard InChI is InChI=1S/C27H33F3O/c1-2-3-17-4-6-18(7-5-17)19-8-10-20(11-9-19)21-12-13-23(24(28)14-21)22-15-25(29)27(31)26(30)16-22/h12-20,31H,2-11H2,1H3. The second-order valence-corrected chi connectivity index (χ2v) is 9.71. The maximum atomic E-state index is 14.8. The van der Waals surface area contributed by atoms with Crippen molar-refractivity contribution in [2.75, 3.05) is 0 Å². The third-order valence-electron chi connectivity index (χ3n) is 7.82. The van der Waals surface area contributed by atoms with Crippen LogP contribution in [0.3, 0.4) is 0 Å². The Balaban J connectivity index is 1.38. The Hall–Kier alpha value is -1.97. The number of hydrogen-bond donors (Lipinski definition) is 1. The highest BCUT2D eigenvalue weighted by Gasteiger charge is 2.31. The topological polar surface area (TPSA) is 20.2 Å². The van der Waals surface area contributed by atoms with E-state index < -0.39 is 23.2 Å². The third-order valence-corrected chi connectivity index (χ3v) is 7.82. The van der Waals surface area contributed by atoms with Crippen molar-refractivity contribution in [2.45, 2.75) is 77.0 Å². The number of halogens is 3. The lowest BCUT2D eigenvalue weighted by atomic mass is 9.68. The Kier molecular flexibility index (Phi) is 6.93. The van der Waals surface area contributed by atoms with Gasteiger partial charge in [0.1, 0.15) is 5.82 Å². The van der Waals surface area contributed by atoms with Gasteiger partial charge in [0.05, 0.1) is 0 Å². The summed E-state index contributed by atoms with van der Waals surface area (Å²) in [6.45, 7) is 2.28. The van der Waals surface area contributed by atoms with E-state index in [2.05, 4.69) is 6.92 Å². The molecule has 0 radical (unpaired) electrons. The number of aromatic hydroxyl groups is 1. The molecule has 2 aliphatic carbocycles. The van der Waals surface area contributed by atoms with Crippen molar-refractivity contribution in [1.82, 2.24) is 0 Å². The molecule has 1 N–H and O–H groups in total. The molecule has 4 heteroatoms. The molecule has 0 heterocycles. The fraction of sp³-hybridized carbons (Fsp3) is 0.556. The number of rotatable bonds is 5. The van der Waals surface area contributed by atoms with Crippen molar-refractivity contribution >= 4 is 0 Å². The summed E-state index contributed by atoms with van der Waals surface area (Å²) in [6, 6.07) is 6.96. The molecule has 0 aromatic heterocycles. The van der Waals surface area contributed by atoms with E-state index in [0.29, 0.717) is 5.92 Å². The van der Waals surface area contributed by atoms with Crippen molar-refractivity contribution < 1.29 is 18.3 Å². The monoisotopic (exact) mass is 430 g/mol. The van der Waals surface area contributed by atoms with E-state index in [4.69, 9.17) is 0 Å². The zero-order valence-corrected chi connectivity index (χ0v) is 18.3. The van der Waals surface area contributed by atoms with Crippen molar-refractivity contribution in [3.05, 3.63) is 53.3 Å². The van der Waals surface area contributed by atoms with Crippen LogP contribution in [-0.4, -0.2) is 5.11 Å². The zero-order valence-electron chi connectivity index (χ0n) is 18.3. The fourth-order valence-electron chi connectivity index (χ4n) is 6.02. The second-order valence-electron chi connectivity index (χ2n) is 9.71.